The molecule has 0 spiro atoms. The molecule has 0 radical (unpaired) electrons. The third-order valence-corrected chi connectivity index (χ3v) is 2.95. The number of amides is 1. The molecule has 0 saturated carbocycles. The molecule has 20 heavy (non-hydrogen) atoms. The smallest absolute Gasteiger partial charge is 0.267 e. The molecule has 3 nitrogen and oxygen atoms in total. The van der Waals surface area contributed by atoms with E-state index in [2.05, 4.69) is 17.5 Å². The highest BCUT2D eigenvalue weighted by atomic mass is 16.2. The summed E-state index contributed by atoms with van der Waals surface area (Å²) in [5.74, 6) is -0.193. The molecule has 0 aliphatic rings. The Morgan fingerprint density at radius 1 is 1.20 bits per heavy atom. The summed E-state index contributed by atoms with van der Waals surface area (Å²) in [6.07, 6.45) is 7.58. The highest BCUT2D eigenvalue weighted by Crippen LogP contribution is 2.18. The Kier molecular flexibility index (Phi) is 5.07. The number of hydrogen-bond donors (Lipinski definition) is 1. The molecule has 102 valence electrons. The molecular weight excluding hydrogens is 248 g/mol. The van der Waals surface area contributed by atoms with E-state index in [4.69, 9.17) is 0 Å². The molecule has 3 heteroatoms. The number of carbonyl (C=O) groups is 1. The van der Waals surface area contributed by atoms with Crippen LogP contribution in [0.15, 0.2) is 59.7 Å². The Balaban J connectivity index is 2.08. The van der Waals surface area contributed by atoms with Crippen LogP contribution in [0.4, 0.5) is 0 Å². The summed E-state index contributed by atoms with van der Waals surface area (Å²) in [5, 5.41) is 5.90. The lowest BCUT2D eigenvalue weighted by molar-refractivity contribution is 0.0957. The molecule has 0 heterocycles. The molecule has 0 aliphatic heterocycles. The van der Waals surface area contributed by atoms with Crippen LogP contribution < -0.4 is 5.43 Å². The first-order valence-corrected chi connectivity index (χ1v) is 6.79. The highest BCUT2D eigenvalue weighted by molar-refractivity contribution is 6.07. The molecule has 1 amide bonds. The molecule has 2 aromatic carbocycles. The van der Waals surface area contributed by atoms with E-state index in [-0.39, 0.29) is 5.91 Å². The lowest BCUT2D eigenvalue weighted by Crippen LogP contribution is -2.17. The number of hydrogen-bond acceptors (Lipinski definition) is 2. The van der Waals surface area contributed by atoms with Gasteiger partial charge in [0.2, 0.25) is 0 Å². The zero-order valence-corrected chi connectivity index (χ0v) is 11.5. The van der Waals surface area contributed by atoms with Crippen LogP contribution in [0.3, 0.4) is 0 Å². The minimum Gasteiger partial charge on any atom is -0.267 e. The quantitative estimate of drug-likeness (QED) is 0.647. The number of benzene rings is 2. The van der Waals surface area contributed by atoms with Gasteiger partial charge in [0, 0.05) is 11.8 Å². The van der Waals surface area contributed by atoms with Gasteiger partial charge >= 0.3 is 0 Å². The number of allylic oxidation sites excluding steroid dienone is 2. The summed E-state index contributed by atoms with van der Waals surface area (Å²) in [4.78, 5) is 12.1. The van der Waals surface area contributed by atoms with Crippen LogP contribution in [-0.2, 0) is 0 Å². The normalized spacial score (nSPS) is 11.4. The number of hydrazone groups is 1. The second-order valence-electron chi connectivity index (χ2n) is 4.46. The summed E-state index contributed by atoms with van der Waals surface area (Å²) in [6.45, 7) is 2.11. The monoisotopic (exact) mass is 266 g/mol. The Morgan fingerprint density at radius 2 is 2.00 bits per heavy atom. The summed E-state index contributed by atoms with van der Waals surface area (Å²) < 4.78 is 0. The number of rotatable bonds is 5. The van der Waals surface area contributed by atoms with E-state index < -0.39 is 0 Å². The highest BCUT2D eigenvalue weighted by Gasteiger charge is 2.07. The van der Waals surface area contributed by atoms with Gasteiger partial charge in [-0.25, -0.2) is 5.43 Å². The fourth-order valence-electron chi connectivity index (χ4n) is 1.95. The van der Waals surface area contributed by atoms with Crippen LogP contribution in [0.2, 0.25) is 0 Å². The van der Waals surface area contributed by atoms with E-state index in [1.807, 2.05) is 48.6 Å². The van der Waals surface area contributed by atoms with Crippen molar-refractivity contribution in [2.45, 2.75) is 19.8 Å². The van der Waals surface area contributed by atoms with Crippen molar-refractivity contribution >= 4 is 22.9 Å². The van der Waals surface area contributed by atoms with Gasteiger partial charge in [0.1, 0.15) is 0 Å². The second-order valence-corrected chi connectivity index (χ2v) is 4.46. The average molecular weight is 266 g/mol. The van der Waals surface area contributed by atoms with Crippen molar-refractivity contribution in [3.05, 3.63) is 60.2 Å². The molecule has 0 unspecified atom stereocenters. The molecule has 0 saturated heterocycles. The van der Waals surface area contributed by atoms with E-state index in [0.29, 0.717) is 5.56 Å². The molecule has 0 aliphatic carbocycles. The number of nitrogens with zero attached hydrogens (tertiary/aromatic N) is 1. The first kappa shape index (κ1) is 14.0. The maximum Gasteiger partial charge on any atom is 0.271 e. The third-order valence-electron chi connectivity index (χ3n) is 2.95. The standard InChI is InChI=1S/C17H18N2O/c1-2-3-4-7-13-18-19-17(20)16-12-8-10-14-9-5-6-11-15(14)16/h4-13H,2-3H2,1H3,(H,19,20). The van der Waals surface area contributed by atoms with Gasteiger partial charge in [-0.3, -0.25) is 4.79 Å². The first-order valence-electron chi connectivity index (χ1n) is 6.79. The second kappa shape index (κ2) is 7.24. The van der Waals surface area contributed by atoms with Crippen molar-refractivity contribution in [1.82, 2.24) is 5.43 Å². The molecule has 0 bridgehead atoms. The van der Waals surface area contributed by atoms with Gasteiger partial charge in [-0.15, -0.1) is 0 Å². The van der Waals surface area contributed by atoms with Crippen molar-refractivity contribution < 1.29 is 4.79 Å². The van der Waals surface area contributed by atoms with Gasteiger partial charge in [0.25, 0.3) is 5.91 Å². The van der Waals surface area contributed by atoms with Crippen molar-refractivity contribution in [3.63, 3.8) is 0 Å². The van der Waals surface area contributed by atoms with Gasteiger partial charge in [-0.05, 0) is 29.3 Å². The topological polar surface area (TPSA) is 41.5 Å². The molecule has 0 aromatic heterocycles. The summed E-state index contributed by atoms with van der Waals surface area (Å²) >= 11 is 0. The molecule has 2 aromatic rings. The third kappa shape index (κ3) is 3.54. The lowest BCUT2D eigenvalue weighted by Gasteiger charge is -2.04. The summed E-state index contributed by atoms with van der Waals surface area (Å²) in [7, 11) is 0. The van der Waals surface area contributed by atoms with Crippen LogP contribution in [0.25, 0.3) is 10.8 Å². The predicted molar refractivity (Wildman–Crippen MR) is 84.0 cm³/mol. The maximum absolute atomic E-state index is 12.1. The molecule has 0 fully saturated rings. The van der Waals surface area contributed by atoms with Crippen LogP contribution in [0.1, 0.15) is 30.1 Å². The largest absolute Gasteiger partial charge is 0.271 e. The van der Waals surface area contributed by atoms with Crippen molar-refractivity contribution in [3.8, 4) is 0 Å². The summed E-state index contributed by atoms with van der Waals surface area (Å²) in [6, 6.07) is 13.5. The van der Waals surface area contributed by atoms with Gasteiger partial charge < -0.3 is 0 Å². The van der Waals surface area contributed by atoms with Gasteiger partial charge in [-0.1, -0.05) is 55.8 Å². The van der Waals surface area contributed by atoms with Crippen LogP contribution in [0.5, 0.6) is 0 Å². The fraction of sp³-hybridized carbons (Fsp3) is 0.176. The average Bonchev–Trinajstić information content (AvgIpc) is 2.50. The molecule has 1 N–H and O–H groups in total. The fourth-order valence-corrected chi connectivity index (χ4v) is 1.95. The van der Waals surface area contributed by atoms with Crippen molar-refractivity contribution in [2.75, 3.05) is 0 Å². The van der Waals surface area contributed by atoms with Crippen LogP contribution in [0, 0.1) is 0 Å². The Bertz CT molecular complexity index is 639. The first-order chi connectivity index (χ1) is 9.83. The van der Waals surface area contributed by atoms with E-state index in [1.54, 1.807) is 12.3 Å². The molecule has 0 atom stereocenters. The molecular formula is C17H18N2O. The van der Waals surface area contributed by atoms with E-state index in [1.165, 1.54) is 0 Å². The maximum atomic E-state index is 12.1. The van der Waals surface area contributed by atoms with Crippen LogP contribution in [-0.4, -0.2) is 12.1 Å². The Hall–Kier alpha value is -2.42. The number of unbranched alkanes of at least 4 members (excludes halogenated alkanes) is 1. The van der Waals surface area contributed by atoms with E-state index in [0.717, 1.165) is 23.6 Å². The van der Waals surface area contributed by atoms with E-state index in [9.17, 15) is 4.79 Å². The Labute approximate surface area is 119 Å². The number of fused-ring (bicyclic) bond motifs is 1. The van der Waals surface area contributed by atoms with Crippen LogP contribution >= 0.6 is 0 Å². The summed E-state index contributed by atoms with van der Waals surface area (Å²) in [5.41, 5.74) is 3.18. The lowest BCUT2D eigenvalue weighted by atomic mass is 10.0. The zero-order valence-electron chi connectivity index (χ0n) is 11.5. The number of carbonyl (C=O) groups excluding carboxylic acids is 1. The molecule has 2 rings (SSSR count). The van der Waals surface area contributed by atoms with Gasteiger partial charge in [0.15, 0.2) is 0 Å². The Morgan fingerprint density at radius 3 is 2.85 bits per heavy atom. The van der Waals surface area contributed by atoms with Gasteiger partial charge in [0.05, 0.1) is 0 Å². The van der Waals surface area contributed by atoms with Crippen molar-refractivity contribution in [1.29, 1.82) is 0 Å². The minimum absolute atomic E-state index is 0.193. The number of nitrogens with one attached hydrogen (secondary N) is 1. The predicted octanol–water partition coefficient (Wildman–Crippen LogP) is 3.91. The SMILES string of the molecule is CCCC=CC=NNC(=O)c1cccc2ccccc12. The van der Waals surface area contributed by atoms with E-state index >= 15 is 0 Å². The minimum atomic E-state index is -0.193. The van der Waals surface area contributed by atoms with Gasteiger partial charge in [-0.2, -0.15) is 5.10 Å². The van der Waals surface area contributed by atoms with Crippen molar-refractivity contribution in [2.24, 2.45) is 5.10 Å². The zero-order chi connectivity index (χ0) is 14.2.